The summed E-state index contributed by atoms with van der Waals surface area (Å²) in [6.45, 7) is -0.0800. The first kappa shape index (κ1) is 27.6. The first-order valence-corrected chi connectivity index (χ1v) is 13.0. The zero-order valence-electron chi connectivity index (χ0n) is 20.8. The van der Waals surface area contributed by atoms with E-state index in [2.05, 4.69) is 24.8 Å². The quantitative estimate of drug-likeness (QED) is 0.107. The number of oxime groups is 1. The molecule has 1 saturated heterocycles. The summed E-state index contributed by atoms with van der Waals surface area (Å²) in [7, 11) is 4.86. The Balaban J connectivity index is 1.35. The number of nitrogens with zero attached hydrogens (tertiary/aromatic N) is 7. The van der Waals surface area contributed by atoms with Crippen LogP contribution in [0.2, 0.25) is 0 Å². The highest BCUT2D eigenvalue weighted by Gasteiger charge is 2.50. The van der Waals surface area contributed by atoms with Gasteiger partial charge < -0.3 is 24.7 Å². The predicted molar refractivity (Wildman–Crippen MR) is 141 cm³/mol. The van der Waals surface area contributed by atoms with Gasteiger partial charge in [-0.15, -0.1) is 11.8 Å². The van der Waals surface area contributed by atoms with Crippen LogP contribution < -0.4 is 5.32 Å². The predicted octanol–water partition coefficient (Wildman–Crippen LogP) is 1.05. The molecule has 0 radical (unpaired) electrons. The molecule has 204 valence electrons. The SMILES string of the molecule is CON=C(C(=O)NC1C(=O)N2C=C(C(=O)OCc3ccc([N+](=O)[O-])cc3)CS[C@H]12)c1nsc(N=CN(C)C)n1. The molecule has 17 heteroatoms. The number of nitrogens with one attached hydrogen (secondary N) is 1. The minimum Gasteiger partial charge on any atom is -0.457 e. The van der Waals surface area contributed by atoms with Gasteiger partial charge in [-0.05, 0) is 17.7 Å². The van der Waals surface area contributed by atoms with Crippen LogP contribution in [0.4, 0.5) is 10.8 Å². The maximum Gasteiger partial charge on any atom is 0.336 e. The number of fused-ring (bicyclic) bond motifs is 1. The van der Waals surface area contributed by atoms with Gasteiger partial charge in [0.1, 0.15) is 25.1 Å². The number of esters is 1. The second kappa shape index (κ2) is 12.0. The average Bonchev–Trinajstić information content (AvgIpc) is 3.40. The summed E-state index contributed by atoms with van der Waals surface area (Å²) < 4.78 is 9.39. The van der Waals surface area contributed by atoms with Crippen LogP contribution in [-0.4, -0.2) is 92.3 Å². The number of rotatable bonds is 10. The third-order valence-electron chi connectivity index (χ3n) is 5.27. The van der Waals surface area contributed by atoms with Crippen LogP contribution >= 0.6 is 23.3 Å². The highest BCUT2D eigenvalue weighted by Crippen LogP contribution is 2.36. The van der Waals surface area contributed by atoms with Crippen molar-refractivity contribution in [2.75, 3.05) is 27.0 Å². The van der Waals surface area contributed by atoms with Gasteiger partial charge in [0.15, 0.2) is 0 Å². The molecule has 1 aromatic heterocycles. The summed E-state index contributed by atoms with van der Waals surface area (Å²) in [6.07, 6.45) is 2.94. The van der Waals surface area contributed by atoms with Crippen molar-refractivity contribution in [1.29, 1.82) is 0 Å². The first-order chi connectivity index (χ1) is 18.7. The number of hydrogen-bond donors (Lipinski definition) is 1. The second-order valence-corrected chi connectivity index (χ2v) is 10.1. The Labute approximate surface area is 229 Å². The van der Waals surface area contributed by atoms with Crippen molar-refractivity contribution in [2.24, 2.45) is 10.1 Å². The maximum atomic E-state index is 12.9. The van der Waals surface area contributed by atoms with Crippen molar-refractivity contribution in [3.8, 4) is 0 Å². The molecule has 0 saturated carbocycles. The Hall–Kier alpha value is -4.38. The molecule has 2 atom stereocenters. The van der Waals surface area contributed by atoms with Crippen LogP contribution in [0, 0.1) is 10.1 Å². The molecular weight excluding hydrogens is 552 g/mol. The molecule has 2 aliphatic rings. The van der Waals surface area contributed by atoms with Crippen LogP contribution in [-0.2, 0) is 30.6 Å². The summed E-state index contributed by atoms with van der Waals surface area (Å²) in [5.74, 6) is -1.48. The lowest BCUT2D eigenvalue weighted by Crippen LogP contribution is -2.69. The summed E-state index contributed by atoms with van der Waals surface area (Å²) in [5, 5.41) is 17.0. The number of benzene rings is 1. The minimum atomic E-state index is -0.858. The number of aromatic nitrogens is 2. The molecule has 1 fully saturated rings. The number of aliphatic imine (C=N–C) groups is 1. The molecule has 1 aromatic carbocycles. The number of nitro groups is 1. The Bertz CT molecular complexity index is 1370. The van der Waals surface area contributed by atoms with Crippen LogP contribution in [0.25, 0.3) is 0 Å². The lowest BCUT2D eigenvalue weighted by molar-refractivity contribution is -0.384. The van der Waals surface area contributed by atoms with Crippen LogP contribution in [0.15, 0.2) is 46.2 Å². The fourth-order valence-corrected chi connectivity index (χ4v) is 5.16. The van der Waals surface area contributed by atoms with Gasteiger partial charge >= 0.3 is 5.97 Å². The third kappa shape index (κ3) is 6.37. The van der Waals surface area contributed by atoms with Crippen LogP contribution in [0.3, 0.4) is 0 Å². The van der Waals surface area contributed by atoms with Crippen molar-refractivity contribution >= 4 is 63.9 Å². The highest BCUT2D eigenvalue weighted by atomic mass is 32.2. The van der Waals surface area contributed by atoms with E-state index in [-0.39, 0.29) is 35.2 Å². The number of non-ortho nitro benzene ring substituents is 1. The Morgan fingerprint density at radius 3 is 2.74 bits per heavy atom. The topological polar surface area (TPSA) is 182 Å². The second-order valence-electron chi connectivity index (χ2n) is 8.28. The fourth-order valence-electron chi connectivity index (χ4n) is 3.39. The zero-order chi connectivity index (χ0) is 28.1. The largest absolute Gasteiger partial charge is 0.457 e. The molecule has 4 rings (SSSR count). The number of ether oxygens (including phenoxy) is 1. The van der Waals surface area contributed by atoms with Gasteiger partial charge in [-0.3, -0.25) is 19.7 Å². The monoisotopic (exact) mass is 574 g/mol. The van der Waals surface area contributed by atoms with Gasteiger partial charge in [0.25, 0.3) is 17.5 Å². The number of nitro benzene ring substituents is 1. The number of carbonyl (C=O) groups excluding carboxylic acids is 3. The van der Waals surface area contributed by atoms with E-state index in [9.17, 15) is 24.5 Å². The van der Waals surface area contributed by atoms with E-state index in [1.807, 2.05) is 0 Å². The van der Waals surface area contributed by atoms with Crippen molar-refractivity contribution in [3.63, 3.8) is 0 Å². The van der Waals surface area contributed by atoms with E-state index in [0.717, 1.165) is 11.5 Å². The number of thioether (sulfide) groups is 1. The number of hydrogen-bond acceptors (Lipinski definition) is 13. The third-order valence-corrected chi connectivity index (χ3v) is 7.22. The molecule has 2 aliphatic heterocycles. The van der Waals surface area contributed by atoms with E-state index in [0.29, 0.717) is 10.7 Å². The van der Waals surface area contributed by atoms with E-state index >= 15 is 0 Å². The molecule has 3 heterocycles. The smallest absolute Gasteiger partial charge is 0.336 e. The molecule has 1 unspecified atom stereocenters. The number of β-lactam (4-membered cyclic amide) rings is 1. The molecule has 0 aliphatic carbocycles. The van der Waals surface area contributed by atoms with E-state index in [4.69, 9.17) is 9.57 Å². The molecule has 2 amide bonds. The van der Waals surface area contributed by atoms with Crippen molar-refractivity contribution in [2.45, 2.75) is 18.0 Å². The van der Waals surface area contributed by atoms with Crippen molar-refractivity contribution < 1.29 is 28.9 Å². The minimum absolute atomic E-state index is 0.00290. The summed E-state index contributed by atoms with van der Waals surface area (Å²) in [4.78, 5) is 64.6. The number of amides is 2. The van der Waals surface area contributed by atoms with Crippen LogP contribution in [0.5, 0.6) is 0 Å². The van der Waals surface area contributed by atoms with Gasteiger partial charge in [-0.25, -0.2) is 9.79 Å². The molecule has 0 bridgehead atoms. The van der Waals surface area contributed by atoms with Gasteiger partial charge in [-0.1, -0.05) is 5.16 Å². The fraction of sp³-hybridized carbons (Fsp3) is 0.318. The Kier molecular flexibility index (Phi) is 8.50. The zero-order valence-corrected chi connectivity index (χ0v) is 22.5. The van der Waals surface area contributed by atoms with E-state index in [1.54, 1.807) is 19.0 Å². The molecule has 2 aromatic rings. The molecule has 0 spiro atoms. The van der Waals surface area contributed by atoms with Crippen molar-refractivity contribution in [3.05, 3.63) is 57.5 Å². The normalized spacial score (nSPS) is 18.6. The Morgan fingerprint density at radius 1 is 1.33 bits per heavy atom. The average molecular weight is 575 g/mol. The van der Waals surface area contributed by atoms with E-state index in [1.165, 1.54) is 60.6 Å². The van der Waals surface area contributed by atoms with Gasteiger partial charge in [0.2, 0.25) is 16.7 Å². The first-order valence-electron chi connectivity index (χ1n) is 11.2. The molecule has 39 heavy (non-hydrogen) atoms. The maximum absolute atomic E-state index is 12.9. The lowest BCUT2D eigenvalue weighted by atomic mass is 10.1. The Morgan fingerprint density at radius 2 is 2.08 bits per heavy atom. The van der Waals surface area contributed by atoms with E-state index < -0.39 is 34.1 Å². The highest BCUT2D eigenvalue weighted by molar-refractivity contribution is 8.00. The standard InChI is InChI=1S/C22H22N8O7S2/c1-28(2)11-23-22-25-17(27-39-22)15(26-36-3)18(31)24-16-19(32)29-8-13(10-38-20(16)29)21(33)37-9-12-4-6-14(7-5-12)30(34)35/h4-8,11,16,20H,9-10H2,1-3H3,(H,24,31)/t16?,20-/m1/s1. The van der Waals surface area contributed by atoms with Gasteiger partial charge in [0, 0.05) is 49.7 Å². The van der Waals surface area contributed by atoms with Crippen LogP contribution in [0.1, 0.15) is 11.4 Å². The lowest BCUT2D eigenvalue weighted by Gasteiger charge is -2.47. The van der Waals surface area contributed by atoms with Crippen molar-refractivity contribution in [1.82, 2.24) is 24.5 Å². The van der Waals surface area contributed by atoms with Gasteiger partial charge in [-0.2, -0.15) is 9.36 Å². The summed E-state index contributed by atoms with van der Waals surface area (Å²) >= 11 is 2.25. The number of carbonyl (C=O) groups is 3. The van der Waals surface area contributed by atoms with Gasteiger partial charge in [0.05, 0.1) is 16.8 Å². The molecular formula is C22H22N8O7S2. The summed E-state index contributed by atoms with van der Waals surface area (Å²) in [6, 6.07) is 4.78. The molecule has 15 nitrogen and oxygen atoms in total. The molecule has 1 N–H and O–H groups in total. The summed E-state index contributed by atoms with van der Waals surface area (Å²) in [5.41, 5.74) is 0.579.